The monoisotopic (exact) mass is 320 g/mol. The molecule has 1 unspecified atom stereocenters. The second kappa shape index (κ2) is 4.30. The first kappa shape index (κ1) is 13.5. The van der Waals surface area contributed by atoms with Crippen LogP contribution in [0.25, 0.3) is 6.08 Å². The summed E-state index contributed by atoms with van der Waals surface area (Å²) in [5, 5.41) is 0. The van der Waals surface area contributed by atoms with E-state index in [1.165, 1.54) is 13.0 Å². The van der Waals surface area contributed by atoms with Gasteiger partial charge in [0.15, 0.2) is 0 Å². The average Bonchev–Trinajstić information content (AvgIpc) is 2.27. The van der Waals surface area contributed by atoms with Crippen molar-refractivity contribution in [2.24, 2.45) is 0 Å². The fourth-order valence-electron chi connectivity index (χ4n) is 2.00. The summed E-state index contributed by atoms with van der Waals surface area (Å²) in [7, 11) is 0. The molecule has 5 heteroatoms. The Morgan fingerprint density at radius 1 is 1.33 bits per heavy atom. The maximum atomic E-state index is 13.1. The molecule has 0 radical (unpaired) electrons. The predicted octanol–water partition coefficient (Wildman–Crippen LogP) is 4.87. The summed E-state index contributed by atoms with van der Waals surface area (Å²) >= 11 is 3.31. The number of alkyl halides is 3. The van der Waals surface area contributed by atoms with Crippen LogP contribution in [0.5, 0.6) is 5.75 Å². The van der Waals surface area contributed by atoms with E-state index in [9.17, 15) is 13.2 Å². The van der Waals surface area contributed by atoms with Crippen molar-refractivity contribution in [2.75, 3.05) is 0 Å². The number of rotatable bonds is 1. The Hall–Kier alpha value is -0.970. The molecule has 0 aliphatic carbocycles. The molecule has 0 spiro atoms. The van der Waals surface area contributed by atoms with E-state index in [0.29, 0.717) is 16.9 Å². The lowest BCUT2D eigenvalue weighted by molar-refractivity contribution is -0.230. The molecule has 1 aromatic rings. The highest BCUT2D eigenvalue weighted by Crippen LogP contribution is 2.44. The van der Waals surface area contributed by atoms with Crippen molar-refractivity contribution in [1.82, 2.24) is 0 Å². The predicted molar refractivity (Wildman–Crippen MR) is 67.6 cm³/mol. The third kappa shape index (κ3) is 2.05. The average molecular weight is 321 g/mol. The SMILES string of the molecule is CCC1(C(F)(F)F)C=Cc2cc(Br)cc(C)c2O1. The van der Waals surface area contributed by atoms with Gasteiger partial charge in [0.1, 0.15) is 5.75 Å². The van der Waals surface area contributed by atoms with E-state index in [0.717, 1.165) is 10.5 Å². The van der Waals surface area contributed by atoms with Crippen LogP contribution in [0.2, 0.25) is 0 Å². The van der Waals surface area contributed by atoms with Crippen molar-refractivity contribution in [3.8, 4) is 5.75 Å². The highest BCUT2D eigenvalue weighted by molar-refractivity contribution is 9.10. The van der Waals surface area contributed by atoms with Gasteiger partial charge in [-0.15, -0.1) is 0 Å². The lowest BCUT2D eigenvalue weighted by Crippen LogP contribution is -2.49. The fraction of sp³-hybridized carbons (Fsp3) is 0.385. The van der Waals surface area contributed by atoms with E-state index in [-0.39, 0.29) is 6.42 Å². The van der Waals surface area contributed by atoms with Gasteiger partial charge in [0, 0.05) is 10.0 Å². The molecule has 1 heterocycles. The van der Waals surface area contributed by atoms with E-state index < -0.39 is 11.8 Å². The molecule has 1 atom stereocenters. The number of halogens is 4. The maximum absolute atomic E-state index is 13.1. The Labute approximate surface area is 112 Å². The fourth-order valence-corrected chi connectivity index (χ4v) is 2.59. The van der Waals surface area contributed by atoms with Gasteiger partial charge in [-0.25, -0.2) is 0 Å². The molecule has 1 aliphatic rings. The van der Waals surface area contributed by atoms with E-state index in [1.54, 1.807) is 19.1 Å². The molecular formula is C13H12BrF3O. The Morgan fingerprint density at radius 2 is 2.00 bits per heavy atom. The first-order chi connectivity index (χ1) is 8.29. The zero-order valence-corrected chi connectivity index (χ0v) is 11.5. The van der Waals surface area contributed by atoms with Gasteiger partial charge in [-0.05, 0) is 37.1 Å². The maximum Gasteiger partial charge on any atom is 0.432 e. The summed E-state index contributed by atoms with van der Waals surface area (Å²) in [5.41, 5.74) is -0.862. The number of benzene rings is 1. The molecule has 0 aromatic heterocycles. The minimum absolute atomic E-state index is 0.151. The lowest BCUT2D eigenvalue weighted by Gasteiger charge is -2.36. The van der Waals surface area contributed by atoms with E-state index in [1.807, 2.05) is 0 Å². The quantitative estimate of drug-likeness (QED) is 0.717. The van der Waals surface area contributed by atoms with E-state index in [2.05, 4.69) is 15.9 Å². The third-order valence-electron chi connectivity index (χ3n) is 3.09. The van der Waals surface area contributed by atoms with Crippen LogP contribution in [-0.4, -0.2) is 11.8 Å². The summed E-state index contributed by atoms with van der Waals surface area (Å²) in [4.78, 5) is 0. The molecule has 98 valence electrons. The molecule has 18 heavy (non-hydrogen) atoms. The summed E-state index contributed by atoms with van der Waals surface area (Å²) in [6.07, 6.45) is -1.99. The molecule has 0 bridgehead atoms. The summed E-state index contributed by atoms with van der Waals surface area (Å²) < 4.78 is 45.5. The highest BCUT2D eigenvalue weighted by atomic mass is 79.9. The molecule has 1 aliphatic heterocycles. The van der Waals surface area contributed by atoms with Gasteiger partial charge in [0.25, 0.3) is 0 Å². The summed E-state index contributed by atoms with van der Waals surface area (Å²) in [6, 6.07) is 3.49. The van der Waals surface area contributed by atoms with Gasteiger partial charge < -0.3 is 4.74 Å². The zero-order valence-electron chi connectivity index (χ0n) is 9.94. The van der Waals surface area contributed by atoms with Crippen molar-refractivity contribution < 1.29 is 17.9 Å². The minimum Gasteiger partial charge on any atom is -0.473 e. The van der Waals surface area contributed by atoms with Crippen LogP contribution in [0.3, 0.4) is 0 Å². The first-order valence-corrected chi connectivity index (χ1v) is 6.33. The number of aryl methyl sites for hydroxylation is 1. The minimum atomic E-state index is -4.42. The number of ether oxygens (including phenoxy) is 1. The lowest BCUT2D eigenvalue weighted by atomic mass is 9.94. The van der Waals surface area contributed by atoms with E-state index in [4.69, 9.17) is 4.74 Å². The second-order valence-electron chi connectivity index (χ2n) is 4.32. The van der Waals surface area contributed by atoms with Crippen molar-refractivity contribution in [3.63, 3.8) is 0 Å². The van der Waals surface area contributed by atoms with Crippen LogP contribution in [0.15, 0.2) is 22.7 Å². The molecule has 2 rings (SSSR count). The molecule has 0 saturated heterocycles. The van der Waals surface area contributed by atoms with Crippen LogP contribution in [-0.2, 0) is 0 Å². The normalized spacial score (nSPS) is 22.6. The zero-order chi connectivity index (χ0) is 13.6. The van der Waals surface area contributed by atoms with Crippen molar-refractivity contribution >= 4 is 22.0 Å². The van der Waals surface area contributed by atoms with Crippen molar-refractivity contribution in [3.05, 3.63) is 33.8 Å². The van der Waals surface area contributed by atoms with E-state index >= 15 is 0 Å². The summed E-state index contributed by atoms with van der Waals surface area (Å²) in [6.45, 7) is 3.20. The smallest absolute Gasteiger partial charge is 0.432 e. The second-order valence-corrected chi connectivity index (χ2v) is 5.23. The van der Waals surface area contributed by atoms with Crippen molar-refractivity contribution in [1.29, 1.82) is 0 Å². The highest BCUT2D eigenvalue weighted by Gasteiger charge is 2.55. The number of hydrogen-bond acceptors (Lipinski definition) is 1. The van der Waals surface area contributed by atoms with Gasteiger partial charge in [-0.1, -0.05) is 28.9 Å². The molecule has 1 aromatic carbocycles. The van der Waals surface area contributed by atoms with Crippen LogP contribution in [0.4, 0.5) is 13.2 Å². The van der Waals surface area contributed by atoms with Gasteiger partial charge in [-0.3, -0.25) is 0 Å². The number of fused-ring (bicyclic) bond motifs is 1. The Bertz CT molecular complexity index is 508. The van der Waals surface area contributed by atoms with Crippen molar-refractivity contribution in [2.45, 2.75) is 32.0 Å². The van der Waals surface area contributed by atoms with Gasteiger partial charge in [0.2, 0.25) is 5.60 Å². The topological polar surface area (TPSA) is 9.23 Å². The standard InChI is InChI=1S/C13H12BrF3O/c1-3-12(13(15,16)17)5-4-9-7-10(14)6-8(2)11(9)18-12/h4-7H,3H2,1-2H3. The molecule has 0 fully saturated rings. The molecule has 0 saturated carbocycles. The molecule has 0 amide bonds. The Morgan fingerprint density at radius 3 is 2.56 bits per heavy atom. The largest absolute Gasteiger partial charge is 0.473 e. The molecule has 1 nitrogen and oxygen atoms in total. The van der Waals surface area contributed by atoms with Gasteiger partial charge in [-0.2, -0.15) is 13.2 Å². The van der Waals surface area contributed by atoms with Crippen LogP contribution < -0.4 is 4.74 Å². The first-order valence-electron chi connectivity index (χ1n) is 5.54. The Kier molecular flexibility index (Phi) is 3.21. The number of hydrogen-bond donors (Lipinski definition) is 0. The Balaban J connectivity index is 2.53. The molecular weight excluding hydrogens is 309 g/mol. The third-order valence-corrected chi connectivity index (χ3v) is 3.55. The van der Waals surface area contributed by atoms with Gasteiger partial charge in [0.05, 0.1) is 0 Å². The van der Waals surface area contributed by atoms with Crippen LogP contribution in [0.1, 0.15) is 24.5 Å². The molecule has 0 N–H and O–H groups in total. The van der Waals surface area contributed by atoms with Gasteiger partial charge >= 0.3 is 6.18 Å². The summed E-state index contributed by atoms with van der Waals surface area (Å²) in [5.74, 6) is 0.305. The van der Waals surface area contributed by atoms with Crippen LogP contribution in [0, 0.1) is 6.92 Å². The van der Waals surface area contributed by atoms with Crippen LogP contribution >= 0.6 is 15.9 Å².